The van der Waals surface area contributed by atoms with Gasteiger partial charge in [0.05, 0.1) is 0 Å². The molecule has 0 radical (unpaired) electrons. The van der Waals surface area contributed by atoms with Gasteiger partial charge in [0.1, 0.15) is 0 Å². The maximum Gasteiger partial charge on any atom is 0.225 e. The third-order valence-corrected chi connectivity index (χ3v) is 2.54. The quantitative estimate of drug-likeness (QED) is 0.707. The molecule has 1 fully saturated rings. The summed E-state index contributed by atoms with van der Waals surface area (Å²) in [5.74, 6) is 0.860. The van der Waals surface area contributed by atoms with Crippen molar-refractivity contribution in [1.29, 1.82) is 0 Å². The van der Waals surface area contributed by atoms with Crippen LogP contribution < -0.4 is 10.2 Å². The van der Waals surface area contributed by atoms with Gasteiger partial charge in [-0.1, -0.05) is 0 Å². The number of piperazine rings is 1. The van der Waals surface area contributed by atoms with E-state index in [4.69, 9.17) is 0 Å². The molecule has 1 saturated heterocycles. The second-order valence-electron chi connectivity index (χ2n) is 3.74. The summed E-state index contributed by atoms with van der Waals surface area (Å²) in [6.07, 6.45) is 1.83. The molecule has 0 spiro atoms. The lowest BCUT2D eigenvalue weighted by molar-refractivity contribution is 0.492. The highest BCUT2D eigenvalue weighted by atomic mass is 15.3. The molecule has 1 N–H and O–H groups in total. The first-order valence-corrected chi connectivity index (χ1v) is 5.04. The molecular weight excluding hydrogens is 176 g/mol. The minimum Gasteiger partial charge on any atom is -0.336 e. The summed E-state index contributed by atoms with van der Waals surface area (Å²) < 4.78 is 0. The van der Waals surface area contributed by atoms with Gasteiger partial charge < -0.3 is 10.2 Å². The van der Waals surface area contributed by atoms with Gasteiger partial charge in [-0.05, 0) is 19.9 Å². The number of hydrogen-bond acceptors (Lipinski definition) is 4. The summed E-state index contributed by atoms with van der Waals surface area (Å²) in [6.45, 7) is 7.21. The minimum absolute atomic E-state index is 0.477. The van der Waals surface area contributed by atoms with E-state index in [0.717, 1.165) is 31.3 Å². The Morgan fingerprint density at radius 2 is 2.43 bits per heavy atom. The Hall–Kier alpha value is -1.16. The van der Waals surface area contributed by atoms with Gasteiger partial charge in [0, 0.05) is 37.6 Å². The van der Waals surface area contributed by atoms with Crippen LogP contribution in [0.3, 0.4) is 0 Å². The van der Waals surface area contributed by atoms with E-state index in [0.29, 0.717) is 6.04 Å². The average molecular weight is 192 g/mol. The second kappa shape index (κ2) is 3.92. The van der Waals surface area contributed by atoms with E-state index in [-0.39, 0.29) is 0 Å². The van der Waals surface area contributed by atoms with E-state index >= 15 is 0 Å². The van der Waals surface area contributed by atoms with Crippen LogP contribution in [-0.4, -0.2) is 35.6 Å². The van der Waals surface area contributed by atoms with Crippen LogP contribution in [0.5, 0.6) is 0 Å². The molecule has 76 valence electrons. The highest BCUT2D eigenvalue weighted by molar-refractivity contribution is 5.32. The van der Waals surface area contributed by atoms with Crippen LogP contribution in [0.2, 0.25) is 0 Å². The lowest BCUT2D eigenvalue weighted by atomic mass is 10.2. The van der Waals surface area contributed by atoms with Gasteiger partial charge in [0.2, 0.25) is 5.95 Å². The number of anilines is 1. The van der Waals surface area contributed by atoms with Crippen LogP contribution in [0.4, 0.5) is 5.95 Å². The first kappa shape index (κ1) is 9.40. The molecule has 0 saturated carbocycles. The van der Waals surface area contributed by atoms with E-state index in [1.165, 1.54) is 0 Å². The highest BCUT2D eigenvalue weighted by Crippen LogP contribution is 2.12. The molecule has 4 heteroatoms. The van der Waals surface area contributed by atoms with Gasteiger partial charge in [-0.25, -0.2) is 9.97 Å². The van der Waals surface area contributed by atoms with Crippen molar-refractivity contribution in [2.24, 2.45) is 0 Å². The first-order chi connectivity index (χ1) is 6.77. The van der Waals surface area contributed by atoms with Crippen molar-refractivity contribution in [3.63, 3.8) is 0 Å². The molecule has 1 aromatic rings. The highest BCUT2D eigenvalue weighted by Gasteiger charge is 2.19. The molecule has 1 unspecified atom stereocenters. The molecule has 1 aliphatic heterocycles. The van der Waals surface area contributed by atoms with Crippen molar-refractivity contribution >= 4 is 5.95 Å². The van der Waals surface area contributed by atoms with E-state index < -0.39 is 0 Å². The molecule has 1 aromatic heterocycles. The molecule has 0 aliphatic carbocycles. The van der Waals surface area contributed by atoms with Crippen LogP contribution in [0.1, 0.15) is 12.6 Å². The summed E-state index contributed by atoms with van der Waals surface area (Å²) >= 11 is 0. The Morgan fingerprint density at radius 3 is 3.14 bits per heavy atom. The van der Waals surface area contributed by atoms with E-state index in [9.17, 15) is 0 Å². The molecule has 0 bridgehead atoms. The summed E-state index contributed by atoms with van der Waals surface area (Å²) in [4.78, 5) is 11.0. The zero-order chi connectivity index (χ0) is 9.97. The number of rotatable bonds is 1. The lowest BCUT2D eigenvalue weighted by Crippen LogP contribution is -2.50. The van der Waals surface area contributed by atoms with Crippen LogP contribution in [0, 0.1) is 6.92 Å². The maximum atomic E-state index is 4.43. The van der Waals surface area contributed by atoms with Gasteiger partial charge in [-0.3, -0.25) is 0 Å². The van der Waals surface area contributed by atoms with E-state index in [1.807, 2.05) is 19.2 Å². The standard InChI is InChI=1S/C10H16N4/c1-8-3-4-12-10(13-8)14-6-5-11-7-9(14)2/h3-4,9,11H,5-7H2,1-2H3. The summed E-state index contributed by atoms with van der Waals surface area (Å²) in [6, 6.07) is 2.40. The zero-order valence-electron chi connectivity index (χ0n) is 8.70. The van der Waals surface area contributed by atoms with Gasteiger partial charge in [0.15, 0.2) is 0 Å². The molecule has 2 rings (SSSR count). The topological polar surface area (TPSA) is 41.1 Å². The Kier molecular flexibility index (Phi) is 2.63. The molecule has 4 nitrogen and oxygen atoms in total. The SMILES string of the molecule is Cc1ccnc(N2CCNCC2C)n1. The molecule has 2 heterocycles. The van der Waals surface area contributed by atoms with Gasteiger partial charge in [-0.2, -0.15) is 0 Å². The number of nitrogens with zero attached hydrogens (tertiary/aromatic N) is 3. The van der Waals surface area contributed by atoms with Crippen LogP contribution in [0.25, 0.3) is 0 Å². The Balaban J connectivity index is 2.20. The molecule has 0 aromatic carbocycles. The third-order valence-electron chi connectivity index (χ3n) is 2.54. The van der Waals surface area contributed by atoms with Crippen LogP contribution >= 0.6 is 0 Å². The van der Waals surface area contributed by atoms with Crippen molar-refractivity contribution in [3.05, 3.63) is 18.0 Å². The maximum absolute atomic E-state index is 4.43. The average Bonchev–Trinajstić information content (AvgIpc) is 2.18. The molecule has 1 aliphatic rings. The fraction of sp³-hybridized carbons (Fsp3) is 0.600. The molecule has 14 heavy (non-hydrogen) atoms. The van der Waals surface area contributed by atoms with Gasteiger partial charge in [0.25, 0.3) is 0 Å². The number of aromatic nitrogens is 2. The Morgan fingerprint density at radius 1 is 1.57 bits per heavy atom. The minimum atomic E-state index is 0.477. The monoisotopic (exact) mass is 192 g/mol. The fourth-order valence-electron chi connectivity index (χ4n) is 1.71. The van der Waals surface area contributed by atoms with Gasteiger partial charge in [-0.15, -0.1) is 0 Å². The fourth-order valence-corrected chi connectivity index (χ4v) is 1.71. The van der Waals surface area contributed by atoms with Crippen molar-refractivity contribution in [2.45, 2.75) is 19.9 Å². The van der Waals surface area contributed by atoms with E-state index in [2.05, 4.69) is 27.1 Å². The predicted octanol–water partition coefficient (Wildman–Crippen LogP) is 0.583. The van der Waals surface area contributed by atoms with Gasteiger partial charge >= 0.3 is 0 Å². The number of nitrogens with one attached hydrogen (secondary N) is 1. The predicted molar refractivity (Wildman–Crippen MR) is 56.4 cm³/mol. The third kappa shape index (κ3) is 1.85. The van der Waals surface area contributed by atoms with Crippen molar-refractivity contribution < 1.29 is 0 Å². The molecule has 1 atom stereocenters. The Bertz CT molecular complexity index is 313. The van der Waals surface area contributed by atoms with Crippen molar-refractivity contribution in [2.75, 3.05) is 24.5 Å². The summed E-state index contributed by atoms with van der Waals surface area (Å²) in [5.41, 5.74) is 1.03. The molecule has 0 amide bonds. The first-order valence-electron chi connectivity index (χ1n) is 5.04. The zero-order valence-corrected chi connectivity index (χ0v) is 8.70. The van der Waals surface area contributed by atoms with Crippen LogP contribution in [0.15, 0.2) is 12.3 Å². The summed E-state index contributed by atoms with van der Waals surface area (Å²) in [5, 5.41) is 3.35. The molecular formula is C10H16N4. The normalized spacial score (nSPS) is 22.4. The number of aryl methyl sites for hydroxylation is 1. The number of hydrogen-bond donors (Lipinski definition) is 1. The smallest absolute Gasteiger partial charge is 0.225 e. The van der Waals surface area contributed by atoms with Crippen LogP contribution in [-0.2, 0) is 0 Å². The van der Waals surface area contributed by atoms with E-state index in [1.54, 1.807) is 0 Å². The summed E-state index contributed by atoms with van der Waals surface area (Å²) in [7, 11) is 0. The Labute approximate surface area is 84.4 Å². The largest absolute Gasteiger partial charge is 0.336 e. The second-order valence-corrected chi connectivity index (χ2v) is 3.74. The lowest BCUT2D eigenvalue weighted by Gasteiger charge is -2.33. The van der Waals surface area contributed by atoms with Crippen molar-refractivity contribution in [3.8, 4) is 0 Å². The van der Waals surface area contributed by atoms with Crippen molar-refractivity contribution in [1.82, 2.24) is 15.3 Å².